The average molecular weight is 186 g/mol. The molecule has 0 aliphatic heterocycles. The van der Waals surface area contributed by atoms with Crippen molar-refractivity contribution in [2.45, 2.75) is 39.5 Å². The van der Waals surface area contributed by atoms with Crippen molar-refractivity contribution in [1.29, 1.82) is 0 Å². The molecule has 0 aliphatic carbocycles. The standard InChI is InChI=1S/C14H18/c1-5-6-8-12-9-7-10-13(11-12)14(2,3)4/h7,9-11H,5H2,1-4H3. The third-order valence-corrected chi connectivity index (χ3v) is 2.14. The van der Waals surface area contributed by atoms with E-state index in [1.807, 2.05) is 0 Å². The highest BCUT2D eigenvalue weighted by atomic mass is 14.2. The molecule has 0 N–H and O–H groups in total. The first kappa shape index (κ1) is 10.9. The van der Waals surface area contributed by atoms with Crippen LogP contribution in [0.1, 0.15) is 45.2 Å². The molecular weight excluding hydrogens is 168 g/mol. The molecule has 0 aromatic heterocycles. The Morgan fingerprint density at radius 2 is 1.93 bits per heavy atom. The van der Waals surface area contributed by atoms with Gasteiger partial charge in [-0.25, -0.2) is 0 Å². The second-order valence-electron chi connectivity index (χ2n) is 4.49. The van der Waals surface area contributed by atoms with Crippen LogP contribution in [0.5, 0.6) is 0 Å². The monoisotopic (exact) mass is 186 g/mol. The first-order valence-corrected chi connectivity index (χ1v) is 5.13. The molecule has 0 bridgehead atoms. The summed E-state index contributed by atoms with van der Waals surface area (Å²) in [6.07, 6.45) is 0.916. The third-order valence-electron chi connectivity index (χ3n) is 2.14. The lowest BCUT2D eigenvalue weighted by atomic mass is 9.86. The first-order valence-electron chi connectivity index (χ1n) is 5.13. The number of rotatable bonds is 0. The van der Waals surface area contributed by atoms with Gasteiger partial charge in [-0.2, -0.15) is 0 Å². The summed E-state index contributed by atoms with van der Waals surface area (Å²) in [7, 11) is 0. The van der Waals surface area contributed by atoms with Crippen molar-refractivity contribution in [3.8, 4) is 11.8 Å². The van der Waals surface area contributed by atoms with Gasteiger partial charge in [0.15, 0.2) is 0 Å². The van der Waals surface area contributed by atoms with Gasteiger partial charge in [-0.1, -0.05) is 51.7 Å². The molecule has 0 saturated carbocycles. The Morgan fingerprint density at radius 3 is 2.50 bits per heavy atom. The van der Waals surface area contributed by atoms with Gasteiger partial charge < -0.3 is 0 Å². The molecule has 0 atom stereocenters. The minimum atomic E-state index is 0.212. The van der Waals surface area contributed by atoms with E-state index in [9.17, 15) is 0 Å². The van der Waals surface area contributed by atoms with Gasteiger partial charge in [0.25, 0.3) is 0 Å². The van der Waals surface area contributed by atoms with E-state index >= 15 is 0 Å². The van der Waals surface area contributed by atoms with E-state index in [0.29, 0.717) is 0 Å². The molecule has 1 aromatic rings. The second-order valence-corrected chi connectivity index (χ2v) is 4.49. The van der Waals surface area contributed by atoms with Gasteiger partial charge in [-0.3, -0.25) is 0 Å². The summed E-state index contributed by atoms with van der Waals surface area (Å²) in [5.41, 5.74) is 2.68. The van der Waals surface area contributed by atoms with Crippen molar-refractivity contribution in [2.75, 3.05) is 0 Å². The zero-order valence-corrected chi connectivity index (χ0v) is 9.52. The Kier molecular flexibility index (Phi) is 3.36. The Hall–Kier alpha value is -1.22. The van der Waals surface area contributed by atoms with Crippen LogP contribution in [-0.4, -0.2) is 0 Å². The minimum absolute atomic E-state index is 0.212. The largest absolute Gasteiger partial charge is 0.0982 e. The van der Waals surface area contributed by atoms with Gasteiger partial charge in [0, 0.05) is 12.0 Å². The minimum Gasteiger partial charge on any atom is -0.0982 e. The molecule has 0 heterocycles. The van der Waals surface area contributed by atoms with Crippen LogP contribution in [0.15, 0.2) is 24.3 Å². The molecule has 0 spiro atoms. The SMILES string of the molecule is CCC#Cc1cccc(C(C)(C)C)c1. The summed E-state index contributed by atoms with van der Waals surface area (Å²) in [5, 5.41) is 0. The Morgan fingerprint density at radius 1 is 1.21 bits per heavy atom. The van der Waals surface area contributed by atoms with Crippen LogP contribution in [0.2, 0.25) is 0 Å². The predicted molar refractivity (Wildman–Crippen MR) is 62.3 cm³/mol. The van der Waals surface area contributed by atoms with Crippen molar-refractivity contribution in [1.82, 2.24) is 0 Å². The van der Waals surface area contributed by atoms with Crippen molar-refractivity contribution in [3.05, 3.63) is 35.4 Å². The van der Waals surface area contributed by atoms with E-state index in [1.165, 1.54) is 5.56 Å². The number of benzene rings is 1. The third kappa shape index (κ3) is 2.92. The fourth-order valence-electron chi connectivity index (χ4n) is 1.25. The van der Waals surface area contributed by atoms with Crippen LogP contribution in [0, 0.1) is 11.8 Å². The van der Waals surface area contributed by atoms with Crippen molar-refractivity contribution in [2.24, 2.45) is 0 Å². The zero-order valence-electron chi connectivity index (χ0n) is 9.52. The van der Waals surface area contributed by atoms with E-state index in [0.717, 1.165) is 12.0 Å². The van der Waals surface area contributed by atoms with Gasteiger partial charge in [0.1, 0.15) is 0 Å². The van der Waals surface area contributed by atoms with Crippen LogP contribution in [0.25, 0.3) is 0 Å². The highest BCUT2D eigenvalue weighted by Gasteiger charge is 2.12. The molecule has 0 nitrogen and oxygen atoms in total. The van der Waals surface area contributed by atoms with Crippen LogP contribution in [0.3, 0.4) is 0 Å². The van der Waals surface area contributed by atoms with Gasteiger partial charge in [0.2, 0.25) is 0 Å². The van der Waals surface area contributed by atoms with Crippen molar-refractivity contribution < 1.29 is 0 Å². The molecule has 1 rings (SSSR count). The smallest absolute Gasteiger partial charge is 0.0248 e. The van der Waals surface area contributed by atoms with E-state index in [2.05, 4.69) is 63.8 Å². The summed E-state index contributed by atoms with van der Waals surface area (Å²) in [6, 6.07) is 8.50. The summed E-state index contributed by atoms with van der Waals surface area (Å²) >= 11 is 0. The maximum atomic E-state index is 3.16. The molecule has 0 radical (unpaired) electrons. The predicted octanol–water partition coefficient (Wildman–Crippen LogP) is 3.75. The topological polar surface area (TPSA) is 0 Å². The van der Waals surface area contributed by atoms with Crippen LogP contribution in [-0.2, 0) is 5.41 Å². The van der Waals surface area contributed by atoms with Gasteiger partial charge in [0.05, 0.1) is 0 Å². The first-order chi connectivity index (χ1) is 6.54. The molecule has 1 aromatic carbocycles. The lowest BCUT2D eigenvalue weighted by Gasteiger charge is -2.18. The second kappa shape index (κ2) is 4.33. The molecule has 0 amide bonds. The van der Waals surface area contributed by atoms with Crippen LogP contribution >= 0.6 is 0 Å². The van der Waals surface area contributed by atoms with Gasteiger partial charge >= 0.3 is 0 Å². The van der Waals surface area contributed by atoms with Crippen molar-refractivity contribution >= 4 is 0 Å². The Balaban J connectivity index is 3.02. The van der Waals surface area contributed by atoms with Crippen molar-refractivity contribution in [3.63, 3.8) is 0 Å². The maximum absolute atomic E-state index is 3.16. The summed E-state index contributed by atoms with van der Waals surface area (Å²) in [6.45, 7) is 8.73. The van der Waals surface area contributed by atoms with Gasteiger partial charge in [-0.05, 0) is 23.1 Å². The lowest BCUT2D eigenvalue weighted by molar-refractivity contribution is 0.590. The molecule has 0 unspecified atom stereocenters. The molecule has 14 heavy (non-hydrogen) atoms. The maximum Gasteiger partial charge on any atom is 0.0248 e. The summed E-state index contributed by atoms with van der Waals surface area (Å²) < 4.78 is 0. The lowest BCUT2D eigenvalue weighted by Crippen LogP contribution is -2.10. The summed E-state index contributed by atoms with van der Waals surface area (Å²) in [5.74, 6) is 6.25. The van der Waals surface area contributed by atoms with E-state index in [-0.39, 0.29) is 5.41 Å². The molecule has 0 fully saturated rings. The van der Waals surface area contributed by atoms with E-state index in [4.69, 9.17) is 0 Å². The number of hydrogen-bond acceptors (Lipinski definition) is 0. The molecular formula is C14H18. The molecule has 0 heteroatoms. The Bertz CT molecular complexity index is 356. The highest BCUT2D eigenvalue weighted by Crippen LogP contribution is 2.22. The quantitative estimate of drug-likeness (QED) is 0.541. The summed E-state index contributed by atoms with van der Waals surface area (Å²) in [4.78, 5) is 0. The fourth-order valence-corrected chi connectivity index (χ4v) is 1.25. The van der Waals surface area contributed by atoms with Crippen LogP contribution < -0.4 is 0 Å². The zero-order chi connectivity index (χ0) is 10.6. The molecule has 74 valence electrons. The highest BCUT2D eigenvalue weighted by molar-refractivity contribution is 5.39. The molecule has 0 saturated heterocycles. The normalized spacial score (nSPS) is 10.6. The van der Waals surface area contributed by atoms with Crippen LogP contribution in [0.4, 0.5) is 0 Å². The average Bonchev–Trinajstić information content (AvgIpc) is 2.14. The van der Waals surface area contributed by atoms with Gasteiger partial charge in [-0.15, -0.1) is 0 Å². The van der Waals surface area contributed by atoms with E-state index in [1.54, 1.807) is 0 Å². The number of hydrogen-bond donors (Lipinski definition) is 0. The molecule has 0 aliphatic rings. The Labute approximate surface area is 87.4 Å². The fraction of sp³-hybridized carbons (Fsp3) is 0.429. The van der Waals surface area contributed by atoms with E-state index < -0.39 is 0 Å².